The number of carbonyl (C=O) groups is 1. The van der Waals surface area contributed by atoms with Gasteiger partial charge in [0, 0.05) is 26.6 Å². The molecule has 0 radical (unpaired) electrons. The van der Waals surface area contributed by atoms with E-state index in [4.69, 9.17) is 12.2 Å². The van der Waals surface area contributed by atoms with E-state index in [1.807, 2.05) is 0 Å². The maximum atomic E-state index is 13.9. The lowest BCUT2D eigenvalue weighted by Gasteiger charge is -2.19. The molecule has 174 valence electrons. The maximum Gasteiger partial charge on any atom is 0.573 e. The predicted molar refractivity (Wildman–Crippen MR) is 101 cm³/mol. The number of alkyl halides is 6. The molecule has 1 aliphatic heterocycles. The minimum absolute atomic E-state index is 0.0420. The molecule has 2 heterocycles. The average Bonchev–Trinajstić information content (AvgIpc) is 3.17. The third kappa shape index (κ3) is 4.79. The number of likely N-dealkylation sites (tertiary alicyclic amines) is 1. The van der Waals surface area contributed by atoms with Gasteiger partial charge in [0.25, 0.3) is 0 Å². The van der Waals surface area contributed by atoms with Crippen molar-refractivity contribution in [1.29, 1.82) is 0 Å². The summed E-state index contributed by atoms with van der Waals surface area (Å²) in [5.41, 5.74) is -1.73. The summed E-state index contributed by atoms with van der Waals surface area (Å²) in [6, 6.07) is 3.54. The number of amides is 1. The van der Waals surface area contributed by atoms with Crippen molar-refractivity contribution >= 4 is 28.8 Å². The quantitative estimate of drug-likeness (QED) is 0.524. The van der Waals surface area contributed by atoms with E-state index in [2.05, 4.69) is 15.2 Å². The molecule has 2 aromatic rings. The van der Waals surface area contributed by atoms with Crippen molar-refractivity contribution in [2.24, 2.45) is 13.0 Å². The number of carbonyl (C=O) groups excluding carboxylic acids is 1. The number of anilines is 1. The highest BCUT2D eigenvalue weighted by Gasteiger charge is 2.45. The van der Waals surface area contributed by atoms with Crippen LogP contribution in [-0.2, 0) is 18.0 Å². The highest BCUT2D eigenvalue weighted by atomic mass is 32.1. The molecular weight excluding hydrogens is 469 g/mol. The van der Waals surface area contributed by atoms with Crippen LogP contribution in [0.5, 0.6) is 5.75 Å². The zero-order valence-electron chi connectivity index (χ0n) is 16.4. The molecule has 0 saturated carbocycles. The van der Waals surface area contributed by atoms with Gasteiger partial charge in [-0.3, -0.25) is 9.48 Å². The SMILES string of the molecule is CN1C[C@H](c2cc(C(F)(F)F)n(C)n2)[C@@H](C(=O)Nc2cccc(F)c2OC(F)(F)F)C1=S. The minimum atomic E-state index is -5.23. The standard InChI is InChI=1S/C18H15F7N4O2S/c1-28-7-8(11-6-12(17(20,21)22)29(2)27-11)13(16(28)32)15(30)26-10-5-3-4-9(19)14(10)31-18(23,24)25/h3-6,8,13H,7H2,1-2H3,(H,26,30)/t8-,13+/m1/s1. The van der Waals surface area contributed by atoms with Crippen LogP contribution in [0.1, 0.15) is 17.3 Å². The number of hydrogen-bond donors (Lipinski definition) is 1. The zero-order chi connectivity index (χ0) is 24.0. The number of hydrogen-bond acceptors (Lipinski definition) is 4. The van der Waals surface area contributed by atoms with Crippen molar-refractivity contribution < 1.29 is 40.3 Å². The summed E-state index contributed by atoms with van der Waals surface area (Å²) in [4.78, 5) is 14.4. The largest absolute Gasteiger partial charge is 0.573 e. The Morgan fingerprint density at radius 3 is 2.44 bits per heavy atom. The fourth-order valence-corrected chi connectivity index (χ4v) is 3.78. The maximum absolute atomic E-state index is 13.9. The van der Waals surface area contributed by atoms with Crippen LogP contribution < -0.4 is 10.1 Å². The molecule has 1 aromatic carbocycles. The number of halogens is 7. The van der Waals surface area contributed by atoms with Gasteiger partial charge in [0.2, 0.25) is 5.91 Å². The van der Waals surface area contributed by atoms with Crippen LogP contribution in [0.2, 0.25) is 0 Å². The van der Waals surface area contributed by atoms with Crippen LogP contribution in [0.3, 0.4) is 0 Å². The number of para-hydroxylation sites is 1. The number of likely N-dealkylation sites (N-methyl/N-ethyl adjacent to an activating group) is 1. The molecule has 1 fully saturated rings. The Labute approximate surface area is 181 Å². The van der Waals surface area contributed by atoms with Gasteiger partial charge in [-0.25, -0.2) is 4.39 Å². The van der Waals surface area contributed by atoms with E-state index in [0.29, 0.717) is 10.7 Å². The summed E-state index contributed by atoms with van der Waals surface area (Å²) in [5, 5.41) is 5.99. The zero-order valence-corrected chi connectivity index (χ0v) is 17.2. The highest BCUT2D eigenvalue weighted by molar-refractivity contribution is 7.80. The summed E-state index contributed by atoms with van der Waals surface area (Å²) in [6.07, 6.45) is -9.91. The normalized spacial score (nSPS) is 19.4. The summed E-state index contributed by atoms with van der Waals surface area (Å²) in [7, 11) is 2.60. The van der Waals surface area contributed by atoms with Crippen molar-refractivity contribution in [3.05, 3.63) is 41.5 Å². The predicted octanol–water partition coefficient (Wildman–Crippen LogP) is 4.09. The van der Waals surface area contributed by atoms with Gasteiger partial charge in [-0.05, 0) is 18.2 Å². The van der Waals surface area contributed by atoms with E-state index >= 15 is 0 Å². The van der Waals surface area contributed by atoms with E-state index in [0.717, 1.165) is 25.2 Å². The van der Waals surface area contributed by atoms with Crippen LogP contribution in [0.25, 0.3) is 0 Å². The Bertz CT molecular complexity index is 1050. The van der Waals surface area contributed by atoms with Crippen LogP contribution in [-0.4, -0.2) is 45.5 Å². The third-order valence-electron chi connectivity index (χ3n) is 4.81. The van der Waals surface area contributed by atoms with E-state index in [1.54, 1.807) is 0 Å². The van der Waals surface area contributed by atoms with Crippen molar-refractivity contribution in [2.45, 2.75) is 18.5 Å². The van der Waals surface area contributed by atoms with Gasteiger partial charge >= 0.3 is 12.5 Å². The number of aryl methyl sites for hydroxylation is 1. The lowest BCUT2D eigenvalue weighted by molar-refractivity contribution is -0.275. The molecule has 1 aromatic heterocycles. The number of rotatable bonds is 4. The lowest BCUT2D eigenvalue weighted by atomic mass is 9.91. The number of ether oxygens (including phenoxy) is 1. The third-order valence-corrected chi connectivity index (χ3v) is 5.37. The van der Waals surface area contributed by atoms with Crippen LogP contribution in [0, 0.1) is 11.7 Å². The van der Waals surface area contributed by atoms with Crippen LogP contribution in [0.4, 0.5) is 36.4 Å². The molecule has 0 aliphatic carbocycles. The summed E-state index contributed by atoms with van der Waals surface area (Å²) in [6.45, 7) is 0.0420. The van der Waals surface area contributed by atoms with E-state index in [-0.39, 0.29) is 17.2 Å². The Hall–Kier alpha value is -2.90. The fourth-order valence-electron chi connectivity index (χ4n) is 3.43. The van der Waals surface area contributed by atoms with Gasteiger partial charge in [0.05, 0.1) is 22.3 Å². The Morgan fingerprint density at radius 1 is 1.22 bits per heavy atom. The van der Waals surface area contributed by atoms with Crippen molar-refractivity contribution in [2.75, 3.05) is 18.9 Å². The van der Waals surface area contributed by atoms with Gasteiger partial charge in [0.1, 0.15) is 5.69 Å². The molecule has 2 atom stereocenters. The van der Waals surface area contributed by atoms with E-state index in [1.165, 1.54) is 11.9 Å². The topological polar surface area (TPSA) is 59.4 Å². The van der Waals surface area contributed by atoms with Crippen molar-refractivity contribution in [3.8, 4) is 5.75 Å². The average molecular weight is 484 g/mol. The number of nitrogens with zero attached hydrogens (tertiary/aromatic N) is 3. The first kappa shape index (κ1) is 23.8. The molecule has 0 spiro atoms. The molecule has 1 N–H and O–H groups in total. The monoisotopic (exact) mass is 484 g/mol. The van der Waals surface area contributed by atoms with Gasteiger partial charge in [-0.2, -0.15) is 18.3 Å². The Balaban J connectivity index is 1.94. The first-order valence-electron chi connectivity index (χ1n) is 8.90. The van der Waals surface area contributed by atoms with Crippen molar-refractivity contribution in [1.82, 2.24) is 14.7 Å². The molecule has 1 saturated heterocycles. The highest BCUT2D eigenvalue weighted by Crippen LogP contribution is 2.39. The summed E-state index contributed by atoms with van der Waals surface area (Å²) >= 11 is 5.22. The first-order chi connectivity index (χ1) is 14.7. The molecule has 0 unspecified atom stereocenters. The van der Waals surface area contributed by atoms with E-state index in [9.17, 15) is 35.5 Å². The second-order valence-corrected chi connectivity index (χ2v) is 7.45. The minimum Gasteiger partial charge on any atom is -0.400 e. The molecule has 1 amide bonds. The lowest BCUT2D eigenvalue weighted by Crippen LogP contribution is -2.32. The Morgan fingerprint density at radius 2 is 1.88 bits per heavy atom. The number of benzene rings is 1. The fraction of sp³-hybridized carbons (Fsp3) is 0.389. The van der Waals surface area contributed by atoms with Crippen LogP contribution >= 0.6 is 12.2 Å². The number of thiocarbonyl (C=S) groups is 1. The Kier molecular flexibility index (Phi) is 6.10. The van der Waals surface area contributed by atoms with Gasteiger partial charge in [-0.1, -0.05) is 18.3 Å². The molecule has 3 rings (SSSR count). The van der Waals surface area contributed by atoms with Gasteiger partial charge in [0.15, 0.2) is 11.6 Å². The molecule has 0 bridgehead atoms. The van der Waals surface area contributed by atoms with E-state index < -0.39 is 53.2 Å². The summed E-state index contributed by atoms with van der Waals surface area (Å²) < 4.78 is 95.6. The molecule has 6 nitrogen and oxygen atoms in total. The smallest absolute Gasteiger partial charge is 0.400 e. The van der Waals surface area contributed by atoms with Crippen LogP contribution in [0.15, 0.2) is 24.3 Å². The number of nitrogens with one attached hydrogen (secondary N) is 1. The molecule has 1 aliphatic rings. The summed E-state index contributed by atoms with van der Waals surface area (Å²) in [5.74, 6) is -5.73. The van der Waals surface area contributed by atoms with Gasteiger partial charge in [-0.15, -0.1) is 13.2 Å². The number of aromatic nitrogens is 2. The second-order valence-electron chi connectivity index (χ2n) is 7.03. The second kappa shape index (κ2) is 8.22. The van der Waals surface area contributed by atoms with Gasteiger partial charge < -0.3 is 15.0 Å². The first-order valence-corrected chi connectivity index (χ1v) is 9.31. The molecule has 32 heavy (non-hydrogen) atoms. The molecule has 14 heteroatoms. The molecular formula is C18H15F7N4O2S. The van der Waals surface area contributed by atoms with Crippen molar-refractivity contribution in [3.63, 3.8) is 0 Å².